The summed E-state index contributed by atoms with van der Waals surface area (Å²) in [5.74, 6) is 1.40. The van der Waals surface area contributed by atoms with Crippen LogP contribution < -0.4 is 10.5 Å². The minimum atomic E-state index is 0.457. The maximum absolute atomic E-state index is 5.49. The number of nitrogens with zero attached hydrogens (tertiary/aromatic N) is 1. The highest BCUT2D eigenvalue weighted by atomic mass is 32.1. The van der Waals surface area contributed by atoms with Crippen molar-refractivity contribution in [1.82, 2.24) is 4.98 Å². The molecule has 0 amide bonds. The SMILES string of the molecule is Cc1nc2cc(OCCC(N)=S)ccc2o1. The third-order valence-corrected chi connectivity index (χ3v) is 2.29. The zero-order valence-electron chi connectivity index (χ0n) is 8.90. The zero-order chi connectivity index (χ0) is 11.5. The fourth-order valence-corrected chi connectivity index (χ4v) is 1.47. The van der Waals surface area contributed by atoms with Crippen molar-refractivity contribution in [2.24, 2.45) is 5.73 Å². The summed E-state index contributed by atoms with van der Waals surface area (Å²) in [7, 11) is 0. The molecule has 1 aromatic heterocycles. The number of hydrogen-bond acceptors (Lipinski definition) is 4. The number of aryl methyl sites for hydroxylation is 1. The Morgan fingerprint density at radius 1 is 1.56 bits per heavy atom. The predicted molar refractivity (Wildman–Crippen MR) is 65.6 cm³/mol. The van der Waals surface area contributed by atoms with Gasteiger partial charge < -0.3 is 14.9 Å². The van der Waals surface area contributed by atoms with Gasteiger partial charge in [0.1, 0.15) is 11.3 Å². The van der Waals surface area contributed by atoms with Gasteiger partial charge in [-0.1, -0.05) is 12.2 Å². The van der Waals surface area contributed by atoms with Crippen molar-refractivity contribution in [2.45, 2.75) is 13.3 Å². The predicted octanol–water partition coefficient (Wildman–Crippen LogP) is 2.19. The minimum Gasteiger partial charge on any atom is -0.493 e. The first-order chi connectivity index (χ1) is 7.65. The molecule has 2 aromatic rings. The summed E-state index contributed by atoms with van der Waals surface area (Å²) >= 11 is 4.76. The van der Waals surface area contributed by atoms with Crippen molar-refractivity contribution in [3.8, 4) is 5.75 Å². The van der Waals surface area contributed by atoms with E-state index in [9.17, 15) is 0 Å². The van der Waals surface area contributed by atoms with Crippen molar-refractivity contribution >= 4 is 28.3 Å². The first-order valence-corrected chi connectivity index (χ1v) is 5.34. The highest BCUT2D eigenvalue weighted by molar-refractivity contribution is 7.80. The quantitative estimate of drug-likeness (QED) is 0.824. The number of thiocarbonyl (C=S) groups is 1. The molecule has 0 spiro atoms. The molecule has 0 saturated carbocycles. The van der Waals surface area contributed by atoms with Gasteiger partial charge in [-0.3, -0.25) is 0 Å². The van der Waals surface area contributed by atoms with E-state index in [1.807, 2.05) is 25.1 Å². The van der Waals surface area contributed by atoms with E-state index in [4.69, 9.17) is 27.1 Å². The molecule has 0 radical (unpaired) electrons. The molecular formula is C11H12N2O2S. The molecule has 0 saturated heterocycles. The van der Waals surface area contributed by atoms with Crippen LogP contribution in [0.4, 0.5) is 0 Å². The van der Waals surface area contributed by atoms with Gasteiger partial charge in [0.2, 0.25) is 0 Å². The molecular weight excluding hydrogens is 224 g/mol. The van der Waals surface area contributed by atoms with Crippen molar-refractivity contribution < 1.29 is 9.15 Å². The Hall–Kier alpha value is -1.62. The van der Waals surface area contributed by atoms with E-state index in [1.165, 1.54) is 0 Å². The first-order valence-electron chi connectivity index (χ1n) is 4.93. The van der Waals surface area contributed by atoms with Crippen molar-refractivity contribution in [3.05, 3.63) is 24.1 Å². The van der Waals surface area contributed by atoms with Gasteiger partial charge in [-0.25, -0.2) is 4.98 Å². The lowest BCUT2D eigenvalue weighted by molar-refractivity contribution is 0.330. The highest BCUT2D eigenvalue weighted by Gasteiger charge is 2.03. The summed E-state index contributed by atoms with van der Waals surface area (Å²) in [6.45, 7) is 2.30. The second-order valence-corrected chi connectivity index (χ2v) is 3.95. The summed E-state index contributed by atoms with van der Waals surface area (Å²) < 4.78 is 10.8. The van der Waals surface area contributed by atoms with Crippen LogP contribution in [0.15, 0.2) is 22.6 Å². The summed E-state index contributed by atoms with van der Waals surface area (Å²) in [5, 5.41) is 0. The van der Waals surface area contributed by atoms with E-state index >= 15 is 0 Å². The third-order valence-electron chi connectivity index (χ3n) is 2.08. The maximum atomic E-state index is 5.49. The van der Waals surface area contributed by atoms with Crippen LogP contribution >= 0.6 is 12.2 Å². The Morgan fingerprint density at radius 3 is 3.12 bits per heavy atom. The smallest absolute Gasteiger partial charge is 0.192 e. The van der Waals surface area contributed by atoms with E-state index in [0.717, 1.165) is 16.8 Å². The molecule has 0 atom stereocenters. The van der Waals surface area contributed by atoms with Crippen LogP contribution in [-0.4, -0.2) is 16.6 Å². The van der Waals surface area contributed by atoms with Crippen LogP contribution in [0, 0.1) is 6.92 Å². The van der Waals surface area contributed by atoms with E-state index in [0.29, 0.717) is 23.9 Å². The molecule has 2 N–H and O–H groups in total. The fraction of sp³-hybridized carbons (Fsp3) is 0.273. The van der Waals surface area contributed by atoms with E-state index in [1.54, 1.807) is 0 Å². The molecule has 16 heavy (non-hydrogen) atoms. The lowest BCUT2D eigenvalue weighted by Gasteiger charge is -2.04. The summed E-state index contributed by atoms with van der Waals surface area (Å²) in [4.78, 5) is 4.68. The number of fused-ring (bicyclic) bond motifs is 1. The fourth-order valence-electron chi connectivity index (χ4n) is 1.38. The number of ether oxygens (including phenoxy) is 1. The topological polar surface area (TPSA) is 61.3 Å². The Labute approximate surface area is 98.4 Å². The Balaban J connectivity index is 2.10. The molecule has 4 nitrogen and oxygen atoms in total. The molecule has 1 heterocycles. The molecule has 0 aliphatic heterocycles. The van der Waals surface area contributed by atoms with E-state index < -0.39 is 0 Å². The average Bonchev–Trinajstić information content (AvgIpc) is 2.56. The van der Waals surface area contributed by atoms with Gasteiger partial charge in [0, 0.05) is 19.4 Å². The molecule has 0 unspecified atom stereocenters. The van der Waals surface area contributed by atoms with Crippen LogP contribution in [0.1, 0.15) is 12.3 Å². The van der Waals surface area contributed by atoms with Crippen LogP contribution in [0.2, 0.25) is 0 Å². The minimum absolute atomic E-state index is 0.457. The van der Waals surface area contributed by atoms with Gasteiger partial charge in [0.25, 0.3) is 0 Å². The standard InChI is InChI=1S/C11H12N2O2S/c1-7-13-9-6-8(2-3-10(9)15-7)14-5-4-11(12)16/h2-3,6H,4-5H2,1H3,(H2,12,16). The van der Waals surface area contributed by atoms with Gasteiger partial charge in [0.15, 0.2) is 11.5 Å². The largest absolute Gasteiger partial charge is 0.493 e. The average molecular weight is 236 g/mol. The molecule has 1 aromatic carbocycles. The molecule has 5 heteroatoms. The van der Waals surface area contributed by atoms with Crippen LogP contribution in [-0.2, 0) is 0 Å². The van der Waals surface area contributed by atoms with Crippen molar-refractivity contribution in [3.63, 3.8) is 0 Å². The number of rotatable bonds is 4. The van der Waals surface area contributed by atoms with Crippen molar-refractivity contribution in [1.29, 1.82) is 0 Å². The zero-order valence-corrected chi connectivity index (χ0v) is 9.71. The molecule has 0 bridgehead atoms. The Bertz CT molecular complexity index is 522. The van der Waals surface area contributed by atoms with Gasteiger partial charge in [0.05, 0.1) is 11.6 Å². The normalized spacial score (nSPS) is 10.6. The maximum Gasteiger partial charge on any atom is 0.192 e. The van der Waals surface area contributed by atoms with Crippen LogP contribution in [0.3, 0.4) is 0 Å². The number of nitrogens with two attached hydrogens (primary N) is 1. The second kappa shape index (κ2) is 4.49. The Morgan fingerprint density at radius 2 is 2.38 bits per heavy atom. The highest BCUT2D eigenvalue weighted by Crippen LogP contribution is 2.21. The summed E-state index contributed by atoms with van der Waals surface area (Å²) in [6.07, 6.45) is 0.575. The lowest BCUT2D eigenvalue weighted by Crippen LogP contribution is -2.12. The third kappa shape index (κ3) is 2.49. The molecule has 0 aliphatic carbocycles. The van der Waals surface area contributed by atoms with Crippen LogP contribution in [0.25, 0.3) is 11.1 Å². The monoisotopic (exact) mass is 236 g/mol. The molecule has 0 fully saturated rings. The first kappa shape index (κ1) is 10.9. The lowest BCUT2D eigenvalue weighted by atomic mass is 10.3. The van der Waals surface area contributed by atoms with Gasteiger partial charge in [-0.05, 0) is 12.1 Å². The van der Waals surface area contributed by atoms with E-state index in [2.05, 4.69) is 4.98 Å². The number of benzene rings is 1. The van der Waals surface area contributed by atoms with E-state index in [-0.39, 0.29) is 0 Å². The van der Waals surface area contributed by atoms with Crippen LogP contribution in [0.5, 0.6) is 5.75 Å². The number of hydrogen-bond donors (Lipinski definition) is 1. The number of aromatic nitrogens is 1. The van der Waals surface area contributed by atoms with Crippen molar-refractivity contribution in [2.75, 3.05) is 6.61 Å². The second-order valence-electron chi connectivity index (χ2n) is 3.43. The molecule has 84 valence electrons. The van der Waals surface area contributed by atoms with Gasteiger partial charge >= 0.3 is 0 Å². The summed E-state index contributed by atoms with van der Waals surface area (Å²) in [5.41, 5.74) is 6.93. The summed E-state index contributed by atoms with van der Waals surface area (Å²) in [6, 6.07) is 5.52. The van der Waals surface area contributed by atoms with Gasteiger partial charge in [-0.2, -0.15) is 0 Å². The molecule has 0 aliphatic rings. The van der Waals surface area contributed by atoms with Gasteiger partial charge in [-0.15, -0.1) is 0 Å². The Kier molecular flexibility index (Phi) is 3.05. The molecule has 2 rings (SSSR count). The number of oxazole rings is 1.